The molecule has 0 saturated carbocycles. The number of nitrogens with two attached hydrogens (primary N) is 1. The molecule has 0 aromatic carbocycles. The lowest BCUT2D eigenvalue weighted by Crippen LogP contribution is -2.33. The molecule has 0 aliphatic carbocycles. The molecule has 3 heterocycles. The van der Waals surface area contributed by atoms with Gasteiger partial charge in [-0.05, 0) is 6.92 Å². The number of fused-ring (bicyclic) bond motifs is 1. The van der Waals surface area contributed by atoms with Crippen molar-refractivity contribution < 1.29 is 38.5 Å². The molecule has 0 amide bonds. The van der Waals surface area contributed by atoms with E-state index < -0.39 is 50.0 Å². The molecule has 3 rings (SSSR count). The first-order chi connectivity index (χ1) is 13.2. The normalized spacial score (nSPS) is 27.0. The topological polar surface area (TPSA) is 212 Å². The number of nitrogens with one attached hydrogen (secondary N) is 1. The van der Waals surface area contributed by atoms with Crippen molar-refractivity contribution in [3.05, 3.63) is 16.7 Å². The van der Waals surface area contributed by atoms with E-state index in [1.54, 1.807) is 0 Å². The first-order valence-corrected chi connectivity index (χ1v) is 9.62. The second-order valence-electron chi connectivity index (χ2n) is 5.84. The van der Waals surface area contributed by atoms with Gasteiger partial charge in [0.25, 0.3) is 5.56 Å². The Balaban J connectivity index is 1.79. The molecule has 2 aromatic heterocycles. The van der Waals surface area contributed by atoms with Crippen molar-refractivity contribution >= 4 is 30.4 Å². The van der Waals surface area contributed by atoms with Crippen LogP contribution in [-0.2, 0) is 18.6 Å². The maximum atomic E-state index is 11.8. The van der Waals surface area contributed by atoms with Gasteiger partial charge in [-0.25, -0.2) is 14.3 Å². The average molecular weight is 419 g/mol. The smallest absolute Gasteiger partial charge is 0.435 e. The van der Waals surface area contributed by atoms with Crippen molar-refractivity contribution in [1.82, 2.24) is 19.5 Å². The highest BCUT2D eigenvalue weighted by Gasteiger charge is 2.46. The van der Waals surface area contributed by atoms with E-state index in [4.69, 9.17) is 10.5 Å². The molecule has 28 heavy (non-hydrogen) atoms. The van der Waals surface area contributed by atoms with Crippen molar-refractivity contribution in [3.8, 4) is 0 Å². The minimum absolute atomic E-state index is 0.00146. The number of nitrogens with zero attached hydrogens (tertiary/aromatic N) is 3. The van der Waals surface area contributed by atoms with Crippen LogP contribution in [0.4, 0.5) is 10.7 Å². The monoisotopic (exact) mass is 419 g/mol. The Kier molecular flexibility index (Phi) is 5.52. The largest absolute Gasteiger partial charge is 0.457 e. The molecule has 14 nitrogen and oxygen atoms in total. The van der Waals surface area contributed by atoms with Crippen LogP contribution < -0.4 is 11.3 Å². The van der Waals surface area contributed by atoms with E-state index in [0.717, 1.165) is 6.33 Å². The minimum atomic E-state index is -4.76. The number of aromatic nitrogens is 4. The van der Waals surface area contributed by atoms with Gasteiger partial charge in [0.05, 0.1) is 19.5 Å². The molecule has 1 aliphatic heterocycles. The maximum Gasteiger partial charge on any atom is 0.435 e. The van der Waals surface area contributed by atoms with Crippen molar-refractivity contribution in [2.75, 3.05) is 18.9 Å². The van der Waals surface area contributed by atoms with E-state index in [9.17, 15) is 29.3 Å². The molecule has 5 atom stereocenters. The van der Waals surface area contributed by atoms with Crippen LogP contribution in [0.15, 0.2) is 11.1 Å². The Labute approximate surface area is 156 Å². The SMILES string of the molecule is CCOC(=O)P(=O)(O)OC[C@H]1OC(n2cnc3c(=O)[nH]c(N)nc32)[C@H](O)[C@@H]1O. The van der Waals surface area contributed by atoms with E-state index in [2.05, 4.69) is 24.2 Å². The number of H-pyrrole nitrogens is 1. The standard InChI is InChI=1S/C13H18N5O9P/c1-2-25-13(22)28(23,24)26-3-5-7(19)8(20)11(27-5)18-4-15-6-9(18)16-12(14)17-10(6)21/h4-5,7-8,11,19-20H,2-3H2,1H3,(H,23,24)(H3,14,16,17,21)/t5-,7-,8-,11?/m1/s1. The first-order valence-electron chi connectivity index (χ1n) is 8.04. The van der Waals surface area contributed by atoms with Gasteiger partial charge in [0.2, 0.25) is 5.95 Å². The van der Waals surface area contributed by atoms with Crippen molar-refractivity contribution in [3.63, 3.8) is 0 Å². The molecule has 1 fully saturated rings. The number of ether oxygens (including phenoxy) is 2. The molecular weight excluding hydrogens is 401 g/mol. The van der Waals surface area contributed by atoms with E-state index >= 15 is 0 Å². The number of rotatable bonds is 6. The molecule has 1 aliphatic rings. The van der Waals surface area contributed by atoms with Gasteiger partial charge < -0.3 is 30.3 Å². The molecule has 2 unspecified atom stereocenters. The fourth-order valence-electron chi connectivity index (χ4n) is 2.66. The van der Waals surface area contributed by atoms with E-state index in [0.29, 0.717) is 0 Å². The Hall–Kier alpha value is -2.35. The molecule has 0 radical (unpaired) electrons. The highest BCUT2D eigenvalue weighted by molar-refractivity contribution is 7.70. The summed E-state index contributed by atoms with van der Waals surface area (Å²) in [5.74, 6) is -0.192. The second-order valence-corrected chi connectivity index (χ2v) is 7.50. The van der Waals surface area contributed by atoms with Gasteiger partial charge in [0, 0.05) is 0 Å². The summed E-state index contributed by atoms with van der Waals surface area (Å²) in [6.07, 6.45) is -4.42. The summed E-state index contributed by atoms with van der Waals surface area (Å²) in [4.78, 5) is 42.9. The average Bonchev–Trinajstić information content (AvgIpc) is 3.16. The number of nitrogen functional groups attached to an aromatic ring is 1. The lowest BCUT2D eigenvalue weighted by atomic mass is 10.1. The summed E-state index contributed by atoms with van der Waals surface area (Å²) in [6, 6.07) is 0. The van der Waals surface area contributed by atoms with Crippen LogP contribution in [0.2, 0.25) is 0 Å². The fraction of sp³-hybridized carbons (Fsp3) is 0.538. The zero-order valence-electron chi connectivity index (χ0n) is 14.5. The van der Waals surface area contributed by atoms with Gasteiger partial charge in [0.15, 0.2) is 17.4 Å². The third-order valence-corrected chi connectivity index (χ3v) is 5.06. The highest BCUT2D eigenvalue weighted by Crippen LogP contribution is 2.45. The first kappa shape index (κ1) is 20.4. The Morgan fingerprint density at radius 2 is 2.18 bits per heavy atom. The summed E-state index contributed by atoms with van der Waals surface area (Å²) in [6.45, 7) is 0.632. The minimum Gasteiger partial charge on any atom is -0.457 e. The number of anilines is 1. The molecule has 154 valence electrons. The summed E-state index contributed by atoms with van der Waals surface area (Å²) in [5.41, 5.74) is 3.38. The summed E-state index contributed by atoms with van der Waals surface area (Å²) < 4.78 is 27.5. The van der Waals surface area contributed by atoms with Gasteiger partial charge in [0.1, 0.15) is 18.3 Å². The lowest BCUT2D eigenvalue weighted by molar-refractivity contribution is -0.0483. The fourth-order valence-corrected chi connectivity index (χ4v) is 3.40. The van der Waals surface area contributed by atoms with Crippen LogP contribution in [0.1, 0.15) is 13.2 Å². The number of carbonyl (C=O) groups excluding carboxylic acids is 1. The molecule has 2 aromatic rings. The number of aliphatic hydroxyl groups excluding tert-OH is 2. The predicted molar refractivity (Wildman–Crippen MR) is 91.3 cm³/mol. The van der Waals surface area contributed by atoms with E-state index in [1.165, 1.54) is 11.5 Å². The zero-order valence-corrected chi connectivity index (χ0v) is 15.4. The molecule has 1 saturated heterocycles. The van der Waals surface area contributed by atoms with Gasteiger partial charge in [-0.15, -0.1) is 0 Å². The zero-order chi connectivity index (χ0) is 20.6. The van der Waals surface area contributed by atoms with Crippen LogP contribution >= 0.6 is 7.60 Å². The van der Waals surface area contributed by atoms with Crippen LogP contribution in [0.3, 0.4) is 0 Å². The molecular formula is C13H18N5O9P. The molecule has 15 heteroatoms. The van der Waals surface area contributed by atoms with Crippen LogP contribution in [-0.4, -0.2) is 71.9 Å². The van der Waals surface area contributed by atoms with Gasteiger partial charge in [-0.2, -0.15) is 4.98 Å². The molecule has 6 N–H and O–H groups in total. The van der Waals surface area contributed by atoms with Gasteiger partial charge in [-0.1, -0.05) is 0 Å². The number of aromatic amines is 1. The molecule has 0 spiro atoms. The van der Waals surface area contributed by atoms with Gasteiger partial charge in [-0.3, -0.25) is 18.9 Å². The Morgan fingerprint density at radius 1 is 1.46 bits per heavy atom. The highest BCUT2D eigenvalue weighted by atomic mass is 31.2. The molecule has 0 bridgehead atoms. The number of imidazole rings is 1. The van der Waals surface area contributed by atoms with Crippen LogP contribution in [0.5, 0.6) is 0 Å². The van der Waals surface area contributed by atoms with Crippen molar-refractivity contribution in [1.29, 1.82) is 0 Å². The summed E-state index contributed by atoms with van der Waals surface area (Å²) in [7, 11) is -4.76. The Morgan fingerprint density at radius 3 is 2.86 bits per heavy atom. The van der Waals surface area contributed by atoms with Crippen LogP contribution in [0.25, 0.3) is 11.2 Å². The van der Waals surface area contributed by atoms with Crippen molar-refractivity contribution in [2.45, 2.75) is 31.5 Å². The summed E-state index contributed by atoms with van der Waals surface area (Å²) >= 11 is 0. The maximum absolute atomic E-state index is 11.8. The number of hydrogen-bond acceptors (Lipinski definition) is 11. The lowest BCUT2D eigenvalue weighted by Gasteiger charge is -2.17. The number of aliphatic hydroxyl groups is 2. The van der Waals surface area contributed by atoms with Crippen LogP contribution in [0, 0.1) is 0 Å². The predicted octanol–water partition coefficient (Wildman–Crippen LogP) is -1.32. The van der Waals surface area contributed by atoms with E-state index in [-0.39, 0.29) is 23.7 Å². The summed E-state index contributed by atoms with van der Waals surface area (Å²) in [5, 5.41) is 20.4. The van der Waals surface area contributed by atoms with Crippen molar-refractivity contribution in [2.24, 2.45) is 0 Å². The Bertz CT molecular complexity index is 990. The number of carbonyl (C=O) groups is 1. The van der Waals surface area contributed by atoms with E-state index in [1.807, 2.05) is 0 Å². The second kappa shape index (κ2) is 7.58. The number of hydrogen-bond donors (Lipinski definition) is 5. The van der Waals surface area contributed by atoms with Gasteiger partial charge >= 0.3 is 13.3 Å². The third kappa shape index (κ3) is 3.65. The quantitative estimate of drug-likeness (QED) is 0.345. The third-order valence-electron chi connectivity index (χ3n) is 3.97.